The second-order valence-corrected chi connectivity index (χ2v) is 7.46. The number of amides is 1. The van der Waals surface area contributed by atoms with Crippen LogP contribution in [0.5, 0.6) is 5.75 Å². The van der Waals surface area contributed by atoms with Crippen molar-refractivity contribution in [2.24, 2.45) is 5.92 Å². The predicted molar refractivity (Wildman–Crippen MR) is 96.9 cm³/mol. The number of carbonyl (C=O) groups excluding carboxylic acids is 1. The Morgan fingerprint density at radius 2 is 1.96 bits per heavy atom. The Balaban J connectivity index is 2.10. The Bertz CT molecular complexity index is 560. The maximum atomic E-state index is 11.9. The Morgan fingerprint density at radius 1 is 1.29 bits per heavy atom. The third-order valence-corrected chi connectivity index (χ3v) is 4.46. The molecular formula is C19H30N2O3. The molecule has 1 aromatic carbocycles. The van der Waals surface area contributed by atoms with Crippen LogP contribution in [-0.4, -0.2) is 31.9 Å². The highest BCUT2D eigenvalue weighted by molar-refractivity contribution is 5.85. The number of piperidine rings is 1. The summed E-state index contributed by atoms with van der Waals surface area (Å²) in [5.74, 6) is 1.90. The fourth-order valence-corrected chi connectivity index (χ4v) is 3.18. The zero-order chi connectivity index (χ0) is 17.7. The van der Waals surface area contributed by atoms with E-state index >= 15 is 0 Å². The van der Waals surface area contributed by atoms with Crippen LogP contribution in [0.25, 0.3) is 0 Å². The first-order chi connectivity index (χ1) is 11.3. The highest BCUT2D eigenvalue weighted by Gasteiger charge is 2.24. The molecule has 0 spiro atoms. The first-order valence-electron chi connectivity index (χ1n) is 8.69. The normalized spacial score (nSPS) is 17.2. The number of methoxy groups -OCH3 is 1. The highest BCUT2D eigenvalue weighted by Crippen LogP contribution is 2.37. The fourth-order valence-electron chi connectivity index (χ4n) is 3.18. The van der Waals surface area contributed by atoms with Gasteiger partial charge in [-0.15, -0.1) is 0 Å². The molecule has 24 heavy (non-hydrogen) atoms. The van der Waals surface area contributed by atoms with Crippen LogP contribution in [0.1, 0.15) is 52.0 Å². The largest absolute Gasteiger partial charge is 0.496 e. The van der Waals surface area contributed by atoms with Gasteiger partial charge in [-0.25, -0.2) is 4.79 Å². The van der Waals surface area contributed by atoms with Crippen molar-refractivity contribution in [1.82, 2.24) is 5.32 Å². The van der Waals surface area contributed by atoms with E-state index in [2.05, 4.69) is 23.6 Å². The molecule has 5 heteroatoms. The third-order valence-electron chi connectivity index (χ3n) is 4.46. The molecule has 0 saturated carbocycles. The van der Waals surface area contributed by atoms with Gasteiger partial charge in [0.05, 0.1) is 7.11 Å². The zero-order valence-corrected chi connectivity index (χ0v) is 15.4. The van der Waals surface area contributed by atoms with E-state index in [1.165, 1.54) is 18.4 Å². The summed E-state index contributed by atoms with van der Waals surface area (Å²) in [4.78, 5) is 11.9. The van der Waals surface area contributed by atoms with Crippen molar-refractivity contribution in [3.8, 4) is 5.75 Å². The van der Waals surface area contributed by atoms with E-state index in [0.29, 0.717) is 17.5 Å². The average molecular weight is 334 g/mol. The van der Waals surface area contributed by atoms with Crippen molar-refractivity contribution < 1.29 is 14.3 Å². The monoisotopic (exact) mass is 334 g/mol. The minimum atomic E-state index is -0.516. The van der Waals surface area contributed by atoms with Gasteiger partial charge >= 0.3 is 6.09 Å². The van der Waals surface area contributed by atoms with Gasteiger partial charge in [-0.1, -0.05) is 13.0 Å². The van der Waals surface area contributed by atoms with E-state index in [0.717, 1.165) is 18.8 Å². The average Bonchev–Trinajstić information content (AvgIpc) is 2.53. The predicted octanol–water partition coefficient (Wildman–Crippen LogP) is 4.15. The number of ether oxygens (including phenoxy) is 2. The molecule has 0 radical (unpaired) electrons. The second kappa shape index (κ2) is 7.88. The van der Waals surface area contributed by atoms with Crippen molar-refractivity contribution >= 4 is 11.8 Å². The smallest absolute Gasteiger partial charge is 0.412 e. The van der Waals surface area contributed by atoms with E-state index in [1.807, 2.05) is 32.9 Å². The Morgan fingerprint density at radius 3 is 2.54 bits per heavy atom. The summed E-state index contributed by atoms with van der Waals surface area (Å²) in [7, 11) is 1.67. The summed E-state index contributed by atoms with van der Waals surface area (Å²) in [6.45, 7) is 9.95. The van der Waals surface area contributed by atoms with Crippen molar-refractivity contribution in [1.29, 1.82) is 0 Å². The number of hydrogen-bond donors (Lipinski definition) is 2. The van der Waals surface area contributed by atoms with Crippen LogP contribution < -0.4 is 15.4 Å². The van der Waals surface area contributed by atoms with Gasteiger partial charge in [-0.05, 0) is 70.2 Å². The van der Waals surface area contributed by atoms with E-state index in [-0.39, 0.29) is 0 Å². The molecule has 1 saturated heterocycles. The lowest BCUT2D eigenvalue weighted by molar-refractivity contribution is 0.0636. The first-order valence-corrected chi connectivity index (χ1v) is 8.69. The zero-order valence-electron chi connectivity index (χ0n) is 15.4. The number of carbonyl (C=O) groups is 1. The molecule has 1 amide bonds. The Labute approximate surface area is 145 Å². The molecule has 2 rings (SSSR count). The molecule has 1 aliphatic rings. The lowest BCUT2D eigenvalue weighted by Gasteiger charge is -2.29. The highest BCUT2D eigenvalue weighted by atomic mass is 16.6. The molecule has 5 nitrogen and oxygen atoms in total. The van der Waals surface area contributed by atoms with Crippen LogP contribution in [0.3, 0.4) is 0 Å². The van der Waals surface area contributed by atoms with Gasteiger partial charge in [0, 0.05) is 11.8 Å². The minimum Gasteiger partial charge on any atom is -0.496 e. The molecule has 1 unspecified atom stereocenters. The van der Waals surface area contributed by atoms with Gasteiger partial charge in [-0.3, -0.25) is 5.32 Å². The van der Waals surface area contributed by atoms with Crippen LogP contribution in [0.15, 0.2) is 18.2 Å². The maximum Gasteiger partial charge on any atom is 0.412 e. The number of anilines is 1. The van der Waals surface area contributed by atoms with Gasteiger partial charge in [0.15, 0.2) is 0 Å². The van der Waals surface area contributed by atoms with Crippen LogP contribution in [0.4, 0.5) is 10.5 Å². The van der Waals surface area contributed by atoms with E-state index in [4.69, 9.17) is 9.47 Å². The quantitative estimate of drug-likeness (QED) is 0.868. The van der Waals surface area contributed by atoms with Crippen molar-refractivity contribution in [2.45, 2.75) is 52.1 Å². The molecule has 0 aromatic heterocycles. The SMILES string of the molecule is COc1cc(NC(=O)OC(C)(C)C)ccc1C(C)C1CCNCC1. The van der Waals surface area contributed by atoms with E-state index in [1.54, 1.807) is 7.11 Å². The molecule has 1 aromatic rings. The molecular weight excluding hydrogens is 304 g/mol. The molecule has 1 aliphatic heterocycles. The summed E-state index contributed by atoms with van der Waals surface area (Å²) in [6.07, 6.45) is 1.91. The standard InChI is InChI=1S/C19H30N2O3/c1-13(14-8-10-20-11-9-14)16-7-6-15(12-17(16)23-5)21-18(22)24-19(2,3)4/h6-7,12-14,20H,8-11H2,1-5H3,(H,21,22). The van der Waals surface area contributed by atoms with Crippen molar-refractivity contribution in [3.63, 3.8) is 0 Å². The Hall–Kier alpha value is -1.75. The van der Waals surface area contributed by atoms with Gasteiger partial charge in [0.1, 0.15) is 11.4 Å². The summed E-state index contributed by atoms with van der Waals surface area (Å²) in [5.41, 5.74) is 1.36. The minimum absolute atomic E-state index is 0.428. The number of rotatable bonds is 4. The molecule has 0 aliphatic carbocycles. The number of nitrogens with one attached hydrogen (secondary N) is 2. The van der Waals surface area contributed by atoms with Crippen LogP contribution >= 0.6 is 0 Å². The maximum absolute atomic E-state index is 11.9. The van der Waals surface area contributed by atoms with Crippen molar-refractivity contribution in [2.75, 3.05) is 25.5 Å². The van der Waals surface area contributed by atoms with Gasteiger partial charge in [0.2, 0.25) is 0 Å². The summed E-state index contributed by atoms with van der Waals surface area (Å²) in [6, 6.07) is 5.84. The van der Waals surface area contributed by atoms with Crippen LogP contribution in [0.2, 0.25) is 0 Å². The van der Waals surface area contributed by atoms with Gasteiger partial charge in [0.25, 0.3) is 0 Å². The molecule has 134 valence electrons. The molecule has 1 heterocycles. The van der Waals surface area contributed by atoms with E-state index in [9.17, 15) is 4.79 Å². The van der Waals surface area contributed by atoms with Crippen LogP contribution in [0, 0.1) is 5.92 Å². The van der Waals surface area contributed by atoms with Gasteiger partial charge in [-0.2, -0.15) is 0 Å². The lowest BCUT2D eigenvalue weighted by atomic mass is 9.81. The first kappa shape index (κ1) is 18.6. The lowest BCUT2D eigenvalue weighted by Crippen LogP contribution is -2.30. The number of hydrogen-bond acceptors (Lipinski definition) is 4. The summed E-state index contributed by atoms with van der Waals surface area (Å²) >= 11 is 0. The molecule has 2 N–H and O–H groups in total. The van der Waals surface area contributed by atoms with E-state index < -0.39 is 11.7 Å². The van der Waals surface area contributed by atoms with Gasteiger partial charge < -0.3 is 14.8 Å². The molecule has 1 atom stereocenters. The van der Waals surface area contributed by atoms with Crippen LogP contribution in [-0.2, 0) is 4.74 Å². The number of benzene rings is 1. The topological polar surface area (TPSA) is 59.6 Å². The molecule has 1 fully saturated rings. The third kappa shape index (κ3) is 5.13. The second-order valence-electron chi connectivity index (χ2n) is 7.46. The Kier molecular flexibility index (Phi) is 6.10. The fraction of sp³-hybridized carbons (Fsp3) is 0.632. The summed E-state index contributed by atoms with van der Waals surface area (Å²) < 4.78 is 10.9. The summed E-state index contributed by atoms with van der Waals surface area (Å²) in [5, 5.41) is 6.17. The van der Waals surface area contributed by atoms with Crippen molar-refractivity contribution in [3.05, 3.63) is 23.8 Å². The molecule has 0 bridgehead atoms.